The lowest BCUT2D eigenvalue weighted by Gasteiger charge is -2.36. The maximum atomic E-state index is 13.3. The number of ether oxygens (including phenoxy) is 1. The number of aromatic nitrogens is 2. The van der Waals surface area contributed by atoms with Crippen molar-refractivity contribution < 1.29 is 14.3 Å². The normalized spacial score (nSPS) is 19.9. The average Bonchev–Trinajstić information content (AvgIpc) is 2.97. The first-order chi connectivity index (χ1) is 12.6. The second kappa shape index (κ2) is 8.66. The van der Waals surface area contributed by atoms with Crippen LogP contribution < -0.4 is 5.32 Å². The van der Waals surface area contributed by atoms with E-state index in [0.717, 1.165) is 74.9 Å². The van der Waals surface area contributed by atoms with Gasteiger partial charge in [-0.05, 0) is 51.4 Å². The van der Waals surface area contributed by atoms with Crippen LogP contribution in [0.5, 0.6) is 0 Å². The predicted octanol–water partition coefficient (Wildman–Crippen LogP) is 1.45. The van der Waals surface area contributed by atoms with Gasteiger partial charge in [-0.2, -0.15) is 5.10 Å². The molecule has 2 heterocycles. The largest absolute Gasteiger partial charge is 0.375 e. The van der Waals surface area contributed by atoms with Crippen molar-refractivity contribution >= 4 is 11.8 Å². The molecule has 0 radical (unpaired) electrons. The standard InChI is InChI=1S/C19H30N4O3/c1-22-18(15-8-3-4-9-16(15)21-22)19(25)23-12-6-5-7-14(23)10-11-20-17(24)13-26-2/h14H,3-13H2,1-2H3,(H,20,24). The fourth-order valence-corrected chi connectivity index (χ4v) is 4.21. The smallest absolute Gasteiger partial charge is 0.272 e. The molecular weight excluding hydrogens is 332 g/mol. The molecule has 7 nitrogen and oxygen atoms in total. The summed E-state index contributed by atoms with van der Waals surface area (Å²) in [5.74, 6) is -0.00189. The molecule has 1 unspecified atom stereocenters. The van der Waals surface area contributed by atoms with Crippen molar-refractivity contribution in [3.05, 3.63) is 17.0 Å². The molecule has 1 N–H and O–H groups in total. The Labute approximate surface area is 155 Å². The Morgan fingerprint density at radius 2 is 2.04 bits per heavy atom. The highest BCUT2D eigenvalue weighted by molar-refractivity contribution is 5.94. The van der Waals surface area contributed by atoms with Crippen LogP contribution in [0.4, 0.5) is 0 Å². The van der Waals surface area contributed by atoms with Gasteiger partial charge in [0.05, 0.1) is 5.69 Å². The molecule has 2 amide bonds. The first-order valence-corrected chi connectivity index (χ1v) is 9.73. The minimum atomic E-state index is -0.109. The lowest BCUT2D eigenvalue weighted by atomic mass is 9.94. The number of carbonyl (C=O) groups is 2. The van der Waals surface area contributed by atoms with Gasteiger partial charge in [0, 0.05) is 38.9 Å². The fourth-order valence-electron chi connectivity index (χ4n) is 4.21. The monoisotopic (exact) mass is 362 g/mol. The minimum Gasteiger partial charge on any atom is -0.375 e. The SMILES string of the molecule is COCC(=O)NCCC1CCCCN1C(=O)c1c2c(nn1C)CCCC2. The van der Waals surface area contributed by atoms with E-state index in [0.29, 0.717) is 6.54 Å². The summed E-state index contributed by atoms with van der Waals surface area (Å²) in [7, 11) is 3.39. The molecule has 144 valence electrons. The summed E-state index contributed by atoms with van der Waals surface area (Å²) < 4.78 is 6.62. The van der Waals surface area contributed by atoms with Gasteiger partial charge in [0.25, 0.3) is 5.91 Å². The van der Waals surface area contributed by atoms with E-state index in [1.165, 1.54) is 7.11 Å². The van der Waals surface area contributed by atoms with Crippen LogP contribution in [0.3, 0.4) is 0 Å². The van der Waals surface area contributed by atoms with E-state index in [9.17, 15) is 9.59 Å². The first-order valence-electron chi connectivity index (χ1n) is 9.73. The van der Waals surface area contributed by atoms with Crippen LogP contribution in [0.2, 0.25) is 0 Å². The van der Waals surface area contributed by atoms with Crippen molar-refractivity contribution in [3.8, 4) is 0 Å². The Kier molecular flexibility index (Phi) is 6.29. The van der Waals surface area contributed by atoms with Crippen LogP contribution in [0, 0.1) is 0 Å². The number of amides is 2. The van der Waals surface area contributed by atoms with Crippen LogP contribution >= 0.6 is 0 Å². The molecule has 2 aliphatic rings. The quantitative estimate of drug-likeness (QED) is 0.831. The second-order valence-corrected chi connectivity index (χ2v) is 7.32. The number of methoxy groups -OCH3 is 1. The maximum absolute atomic E-state index is 13.3. The van der Waals surface area contributed by atoms with E-state index >= 15 is 0 Å². The highest BCUT2D eigenvalue weighted by Gasteiger charge is 2.32. The molecule has 1 aromatic heterocycles. The highest BCUT2D eigenvalue weighted by Crippen LogP contribution is 2.27. The summed E-state index contributed by atoms with van der Waals surface area (Å²) in [6, 6.07) is 0.174. The molecule has 1 aliphatic heterocycles. The van der Waals surface area contributed by atoms with Gasteiger partial charge in [-0.25, -0.2) is 0 Å². The number of nitrogens with zero attached hydrogens (tertiary/aromatic N) is 3. The molecule has 1 aliphatic carbocycles. The van der Waals surface area contributed by atoms with Gasteiger partial charge < -0.3 is 15.0 Å². The van der Waals surface area contributed by atoms with Crippen molar-refractivity contribution in [2.75, 3.05) is 26.8 Å². The molecule has 3 rings (SSSR count). The van der Waals surface area contributed by atoms with Gasteiger partial charge in [0.15, 0.2) is 0 Å². The number of rotatable bonds is 6. The summed E-state index contributed by atoms with van der Waals surface area (Å²) in [4.78, 5) is 26.9. The third-order valence-electron chi connectivity index (χ3n) is 5.48. The molecule has 26 heavy (non-hydrogen) atoms. The molecule has 0 bridgehead atoms. The minimum absolute atomic E-state index is 0.0778. The Hall–Kier alpha value is -1.89. The number of fused-ring (bicyclic) bond motifs is 1. The number of aryl methyl sites for hydroxylation is 2. The van der Waals surface area contributed by atoms with E-state index < -0.39 is 0 Å². The lowest BCUT2D eigenvalue weighted by Crippen LogP contribution is -2.46. The number of hydrogen-bond donors (Lipinski definition) is 1. The number of likely N-dealkylation sites (tertiary alicyclic amines) is 1. The zero-order valence-corrected chi connectivity index (χ0v) is 15.9. The van der Waals surface area contributed by atoms with E-state index in [2.05, 4.69) is 10.4 Å². The Morgan fingerprint density at radius 1 is 1.23 bits per heavy atom. The average molecular weight is 362 g/mol. The number of piperidine rings is 1. The molecule has 1 aromatic rings. The zero-order valence-electron chi connectivity index (χ0n) is 15.9. The third kappa shape index (κ3) is 4.09. The second-order valence-electron chi connectivity index (χ2n) is 7.32. The molecule has 0 aromatic carbocycles. The number of hydrogen-bond acceptors (Lipinski definition) is 4. The van der Waals surface area contributed by atoms with Crippen LogP contribution in [0.1, 0.15) is 60.3 Å². The Morgan fingerprint density at radius 3 is 2.85 bits per heavy atom. The van der Waals surface area contributed by atoms with Gasteiger partial charge in [-0.3, -0.25) is 14.3 Å². The third-order valence-corrected chi connectivity index (χ3v) is 5.48. The summed E-state index contributed by atoms with van der Waals surface area (Å²) in [5, 5.41) is 7.46. The van der Waals surface area contributed by atoms with Gasteiger partial charge in [0.1, 0.15) is 12.3 Å². The van der Waals surface area contributed by atoms with Crippen molar-refractivity contribution in [1.82, 2.24) is 20.0 Å². The molecule has 1 fully saturated rings. The van der Waals surface area contributed by atoms with Crippen LogP contribution in [0.15, 0.2) is 0 Å². The summed E-state index contributed by atoms with van der Waals surface area (Å²) in [6.45, 7) is 1.43. The Balaban J connectivity index is 1.68. The first kappa shape index (κ1) is 18.9. The molecule has 0 saturated carbocycles. The van der Waals surface area contributed by atoms with Crippen LogP contribution in [-0.2, 0) is 29.4 Å². The molecule has 1 saturated heterocycles. The van der Waals surface area contributed by atoms with E-state index in [1.54, 1.807) is 4.68 Å². The summed E-state index contributed by atoms with van der Waals surface area (Å²) in [6.07, 6.45) is 8.16. The van der Waals surface area contributed by atoms with Crippen molar-refractivity contribution in [3.63, 3.8) is 0 Å². The van der Waals surface area contributed by atoms with Gasteiger partial charge >= 0.3 is 0 Å². The van der Waals surface area contributed by atoms with Crippen LogP contribution in [0.25, 0.3) is 0 Å². The van der Waals surface area contributed by atoms with E-state index in [4.69, 9.17) is 4.74 Å². The van der Waals surface area contributed by atoms with Gasteiger partial charge in [0.2, 0.25) is 5.91 Å². The summed E-state index contributed by atoms with van der Waals surface area (Å²) >= 11 is 0. The van der Waals surface area contributed by atoms with Crippen LogP contribution in [-0.4, -0.2) is 59.3 Å². The molecule has 1 atom stereocenters. The predicted molar refractivity (Wildman–Crippen MR) is 98.0 cm³/mol. The highest BCUT2D eigenvalue weighted by atomic mass is 16.5. The summed E-state index contributed by atoms with van der Waals surface area (Å²) in [5.41, 5.74) is 3.03. The molecule has 0 spiro atoms. The molecular formula is C19H30N4O3. The lowest BCUT2D eigenvalue weighted by molar-refractivity contribution is -0.124. The fraction of sp³-hybridized carbons (Fsp3) is 0.737. The number of nitrogens with one attached hydrogen (secondary N) is 1. The van der Waals surface area contributed by atoms with Gasteiger partial charge in [-0.1, -0.05) is 0 Å². The Bertz CT molecular complexity index is 655. The topological polar surface area (TPSA) is 76.5 Å². The van der Waals surface area contributed by atoms with Crippen molar-refractivity contribution in [2.45, 2.75) is 57.4 Å². The maximum Gasteiger partial charge on any atom is 0.272 e. The molecule has 7 heteroatoms. The van der Waals surface area contributed by atoms with E-state index in [1.807, 2.05) is 11.9 Å². The zero-order chi connectivity index (χ0) is 18.5. The van der Waals surface area contributed by atoms with E-state index in [-0.39, 0.29) is 24.5 Å². The number of carbonyl (C=O) groups excluding carboxylic acids is 2. The van der Waals surface area contributed by atoms with Crippen molar-refractivity contribution in [1.29, 1.82) is 0 Å². The van der Waals surface area contributed by atoms with Crippen molar-refractivity contribution in [2.24, 2.45) is 7.05 Å². The van der Waals surface area contributed by atoms with Gasteiger partial charge in [-0.15, -0.1) is 0 Å².